The first kappa shape index (κ1) is 24.4. The van der Waals surface area contributed by atoms with E-state index in [1.807, 2.05) is 54.6 Å². The number of fused-ring (bicyclic) bond motifs is 1. The standard InChI is InChI=1S/C27H29N3O5/c31-20-11-6-9-18(13-20)14-22(25(27(34)30-35)28-16-17-7-2-1-3-8-17)26(33)29-24-21-12-5-4-10-19(21)15-23(24)32/h1-13,22-25,28,31-32,35H,14-16H2,(H,29,33)(H,30,34). The van der Waals surface area contributed by atoms with E-state index >= 15 is 0 Å². The molecule has 4 atom stereocenters. The van der Waals surface area contributed by atoms with Gasteiger partial charge in [-0.1, -0.05) is 66.7 Å². The van der Waals surface area contributed by atoms with E-state index in [1.54, 1.807) is 17.6 Å². The van der Waals surface area contributed by atoms with Crippen LogP contribution < -0.4 is 16.1 Å². The van der Waals surface area contributed by atoms with E-state index in [1.165, 1.54) is 12.1 Å². The summed E-state index contributed by atoms with van der Waals surface area (Å²) in [5, 5.41) is 36.0. The highest BCUT2D eigenvalue weighted by Crippen LogP contribution is 2.32. The summed E-state index contributed by atoms with van der Waals surface area (Å²) in [5.41, 5.74) is 5.02. The number of phenols is 1. The van der Waals surface area contributed by atoms with Crippen molar-refractivity contribution in [2.75, 3.05) is 0 Å². The molecule has 35 heavy (non-hydrogen) atoms. The number of amides is 2. The number of phenolic OH excluding ortho intramolecular Hbond substituents is 1. The average Bonchev–Trinajstić information content (AvgIpc) is 3.18. The van der Waals surface area contributed by atoms with Gasteiger partial charge in [-0.2, -0.15) is 0 Å². The first-order valence-electron chi connectivity index (χ1n) is 11.5. The summed E-state index contributed by atoms with van der Waals surface area (Å²) in [7, 11) is 0. The predicted molar refractivity (Wildman–Crippen MR) is 129 cm³/mol. The van der Waals surface area contributed by atoms with Gasteiger partial charge in [-0.3, -0.25) is 14.8 Å². The number of rotatable bonds is 9. The Kier molecular flexibility index (Phi) is 7.77. The summed E-state index contributed by atoms with van der Waals surface area (Å²) in [6.45, 7) is 0.289. The maximum atomic E-state index is 13.6. The summed E-state index contributed by atoms with van der Waals surface area (Å²) in [4.78, 5) is 26.4. The zero-order chi connectivity index (χ0) is 24.8. The van der Waals surface area contributed by atoms with Crippen LogP contribution in [0.3, 0.4) is 0 Å². The van der Waals surface area contributed by atoms with Crippen LogP contribution in [0.15, 0.2) is 78.9 Å². The Morgan fingerprint density at radius 1 is 0.914 bits per heavy atom. The van der Waals surface area contributed by atoms with Crippen molar-refractivity contribution in [3.05, 3.63) is 101 Å². The first-order valence-corrected chi connectivity index (χ1v) is 11.5. The zero-order valence-corrected chi connectivity index (χ0v) is 19.1. The van der Waals surface area contributed by atoms with Crippen LogP contribution in [-0.2, 0) is 29.0 Å². The summed E-state index contributed by atoms with van der Waals surface area (Å²) >= 11 is 0. The fourth-order valence-corrected chi connectivity index (χ4v) is 4.62. The Hall–Kier alpha value is -3.72. The minimum absolute atomic E-state index is 0.0437. The number of nitrogens with one attached hydrogen (secondary N) is 3. The number of hydroxylamine groups is 1. The molecule has 0 saturated heterocycles. The molecule has 0 heterocycles. The van der Waals surface area contributed by atoms with Gasteiger partial charge in [0.2, 0.25) is 5.91 Å². The fourth-order valence-electron chi connectivity index (χ4n) is 4.62. The number of hydrogen-bond donors (Lipinski definition) is 6. The summed E-state index contributed by atoms with van der Waals surface area (Å²) in [5.74, 6) is -2.12. The quantitative estimate of drug-likeness (QED) is 0.207. The van der Waals surface area contributed by atoms with Crippen LogP contribution in [0.4, 0.5) is 0 Å². The molecular formula is C27H29N3O5. The van der Waals surface area contributed by atoms with Gasteiger partial charge in [-0.05, 0) is 40.8 Å². The van der Waals surface area contributed by atoms with Crippen molar-refractivity contribution < 1.29 is 25.0 Å². The molecule has 6 N–H and O–H groups in total. The maximum Gasteiger partial charge on any atom is 0.261 e. The molecular weight excluding hydrogens is 446 g/mol. The molecule has 3 aromatic carbocycles. The van der Waals surface area contributed by atoms with Crippen molar-refractivity contribution in [2.45, 2.75) is 37.6 Å². The largest absolute Gasteiger partial charge is 0.508 e. The lowest BCUT2D eigenvalue weighted by atomic mass is 9.89. The van der Waals surface area contributed by atoms with Crippen LogP contribution in [0.2, 0.25) is 0 Å². The molecule has 0 radical (unpaired) electrons. The highest BCUT2D eigenvalue weighted by Gasteiger charge is 2.38. The second-order valence-corrected chi connectivity index (χ2v) is 8.76. The van der Waals surface area contributed by atoms with Crippen molar-refractivity contribution in [1.82, 2.24) is 16.1 Å². The molecule has 0 saturated carbocycles. The number of aromatic hydroxyl groups is 1. The molecule has 0 aliphatic heterocycles. The van der Waals surface area contributed by atoms with Crippen molar-refractivity contribution in [3.8, 4) is 5.75 Å². The van der Waals surface area contributed by atoms with Crippen LogP contribution in [0.1, 0.15) is 28.3 Å². The van der Waals surface area contributed by atoms with Gasteiger partial charge in [-0.15, -0.1) is 0 Å². The third-order valence-corrected chi connectivity index (χ3v) is 6.37. The topological polar surface area (TPSA) is 131 Å². The van der Waals surface area contributed by atoms with E-state index < -0.39 is 35.9 Å². The fraction of sp³-hybridized carbons (Fsp3) is 0.259. The molecule has 8 heteroatoms. The van der Waals surface area contributed by atoms with Crippen molar-refractivity contribution in [3.63, 3.8) is 0 Å². The summed E-state index contributed by atoms with van der Waals surface area (Å²) in [6.07, 6.45) is -0.254. The van der Waals surface area contributed by atoms with Gasteiger partial charge in [0.1, 0.15) is 11.8 Å². The van der Waals surface area contributed by atoms with E-state index in [0.29, 0.717) is 12.0 Å². The lowest BCUT2D eigenvalue weighted by molar-refractivity contribution is -0.138. The molecule has 182 valence electrons. The van der Waals surface area contributed by atoms with E-state index in [0.717, 1.165) is 16.7 Å². The van der Waals surface area contributed by atoms with Crippen molar-refractivity contribution in [2.24, 2.45) is 5.92 Å². The van der Waals surface area contributed by atoms with E-state index in [2.05, 4.69) is 10.6 Å². The van der Waals surface area contributed by atoms with Gasteiger partial charge >= 0.3 is 0 Å². The van der Waals surface area contributed by atoms with Gasteiger partial charge in [0.05, 0.1) is 18.1 Å². The Balaban J connectivity index is 1.62. The minimum atomic E-state index is -1.09. The van der Waals surface area contributed by atoms with Crippen LogP contribution in [0.25, 0.3) is 0 Å². The number of aliphatic hydroxyl groups excluding tert-OH is 1. The third-order valence-electron chi connectivity index (χ3n) is 6.37. The smallest absolute Gasteiger partial charge is 0.261 e. The Morgan fingerprint density at radius 3 is 2.37 bits per heavy atom. The normalized spacial score (nSPS) is 18.3. The van der Waals surface area contributed by atoms with Crippen LogP contribution >= 0.6 is 0 Å². The Morgan fingerprint density at radius 2 is 1.63 bits per heavy atom. The van der Waals surface area contributed by atoms with Gasteiger partial charge in [0.15, 0.2) is 0 Å². The predicted octanol–water partition coefficient (Wildman–Crippen LogP) is 1.99. The molecule has 0 fully saturated rings. The lowest BCUT2D eigenvalue weighted by Gasteiger charge is -2.28. The van der Waals surface area contributed by atoms with Gasteiger partial charge in [0.25, 0.3) is 5.91 Å². The number of carbonyl (C=O) groups excluding carboxylic acids is 2. The maximum absolute atomic E-state index is 13.6. The third kappa shape index (κ3) is 5.86. The molecule has 1 aliphatic rings. The second kappa shape index (κ2) is 11.1. The van der Waals surface area contributed by atoms with Gasteiger partial charge in [0, 0.05) is 13.0 Å². The number of aliphatic hydroxyl groups is 1. The zero-order valence-electron chi connectivity index (χ0n) is 19.1. The average molecular weight is 476 g/mol. The number of carbonyl (C=O) groups is 2. The molecule has 3 aromatic rings. The molecule has 0 spiro atoms. The number of hydrogen-bond acceptors (Lipinski definition) is 6. The lowest BCUT2D eigenvalue weighted by Crippen LogP contribution is -2.54. The second-order valence-electron chi connectivity index (χ2n) is 8.76. The minimum Gasteiger partial charge on any atom is -0.508 e. The number of benzene rings is 3. The Bertz CT molecular complexity index is 1170. The van der Waals surface area contributed by atoms with E-state index in [4.69, 9.17) is 0 Å². The van der Waals surface area contributed by atoms with Crippen LogP contribution in [0.5, 0.6) is 5.75 Å². The van der Waals surface area contributed by atoms with Crippen molar-refractivity contribution in [1.29, 1.82) is 0 Å². The van der Waals surface area contributed by atoms with Crippen molar-refractivity contribution >= 4 is 11.8 Å². The molecule has 4 unspecified atom stereocenters. The SMILES string of the molecule is O=C(NC1c2ccccc2CC1O)C(Cc1cccc(O)c1)C(NCc1ccccc1)C(=O)NO. The monoisotopic (exact) mass is 475 g/mol. The molecule has 0 bridgehead atoms. The molecule has 0 aromatic heterocycles. The molecule has 8 nitrogen and oxygen atoms in total. The van der Waals surface area contributed by atoms with Crippen LogP contribution in [0, 0.1) is 5.92 Å². The van der Waals surface area contributed by atoms with Gasteiger partial charge < -0.3 is 20.8 Å². The molecule has 2 amide bonds. The van der Waals surface area contributed by atoms with Crippen LogP contribution in [-0.4, -0.2) is 39.4 Å². The first-order chi connectivity index (χ1) is 17.0. The molecule has 1 aliphatic carbocycles. The molecule has 4 rings (SSSR count). The Labute approximate surface area is 203 Å². The van der Waals surface area contributed by atoms with Gasteiger partial charge in [-0.25, -0.2) is 5.48 Å². The van der Waals surface area contributed by atoms with E-state index in [-0.39, 0.29) is 18.7 Å². The van der Waals surface area contributed by atoms with E-state index in [9.17, 15) is 25.0 Å². The highest BCUT2D eigenvalue weighted by atomic mass is 16.5. The summed E-state index contributed by atoms with van der Waals surface area (Å²) in [6, 6.07) is 21.7. The highest BCUT2D eigenvalue weighted by molar-refractivity contribution is 5.90. The summed E-state index contributed by atoms with van der Waals surface area (Å²) < 4.78 is 0.